The lowest BCUT2D eigenvalue weighted by molar-refractivity contribution is -0.130. The summed E-state index contributed by atoms with van der Waals surface area (Å²) in [7, 11) is 0. The molecule has 1 aliphatic heterocycles. The summed E-state index contributed by atoms with van der Waals surface area (Å²) in [6, 6.07) is -0.0764. The minimum absolute atomic E-state index is 0.0764. The molecule has 0 amide bonds. The first-order valence-electron chi connectivity index (χ1n) is 3.59. The number of Topliss-reactive ketones (excluding diaryl/α,β-unsaturated/α-hetero) is 1. The quantitative estimate of drug-likeness (QED) is 0.491. The molecule has 1 heterocycles. The number of ether oxygens (including phenoxy) is 1. The lowest BCUT2D eigenvalue weighted by atomic mass is 9.91. The molecule has 2 unspecified atom stereocenters. The van der Waals surface area contributed by atoms with Gasteiger partial charge < -0.3 is 4.74 Å². The number of aliphatic imine (C=N–C) groups is 1. The first-order chi connectivity index (χ1) is 4.88. The SMILES string of the molecule is O=C1C2CCCC1OC=N2. The third kappa shape index (κ3) is 0.735. The second-order valence-electron chi connectivity index (χ2n) is 2.73. The van der Waals surface area contributed by atoms with Gasteiger partial charge in [0.25, 0.3) is 0 Å². The normalized spacial score (nSPS) is 37.4. The summed E-state index contributed by atoms with van der Waals surface area (Å²) >= 11 is 0. The molecule has 54 valence electrons. The second kappa shape index (κ2) is 2.08. The molecule has 1 fully saturated rings. The topological polar surface area (TPSA) is 38.7 Å². The van der Waals surface area contributed by atoms with E-state index < -0.39 is 0 Å². The summed E-state index contributed by atoms with van der Waals surface area (Å²) in [5.41, 5.74) is 0. The van der Waals surface area contributed by atoms with Gasteiger partial charge in [-0.25, -0.2) is 4.99 Å². The smallest absolute Gasteiger partial charge is 0.197 e. The van der Waals surface area contributed by atoms with E-state index in [0.29, 0.717) is 0 Å². The highest BCUT2D eigenvalue weighted by atomic mass is 16.5. The second-order valence-corrected chi connectivity index (χ2v) is 2.73. The highest BCUT2D eigenvalue weighted by molar-refractivity contribution is 5.92. The van der Waals surface area contributed by atoms with Gasteiger partial charge in [-0.2, -0.15) is 0 Å². The Kier molecular flexibility index (Phi) is 1.22. The minimum atomic E-state index is -0.170. The number of hydrogen-bond donors (Lipinski definition) is 0. The predicted octanol–water partition coefficient (Wildman–Crippen LogP) is 0.535. The third-order valence-corrected chi connectivity index (χ3v) is 2.06. The van der Waals surface area contributed by atoms with Crippen LogP contribution in [0.4, 0.5) is 0 Å². The van der Waals surface area contributed by atoms with Gasteiger partial charge in [0.1, 0.15) is 6.04 Å². The number of nitrogens with zero attached hydrogens (tertiary/aromatic N) is 1. The molecule has 0 spiro atoms. The zero-order valence-corrected chi connectivity index (χ0v) is 5.62. The number of carbonyl (C=O) groups is 1. The average molecular weight is 139 g/mol. The van der Waals surface area contributed by atoms with Crippen molar-refractivity contribution in [1.29, 1.82) is 0 Å². The molecule has 0 aromatic carbocycles. The van der Waals surface area contributed by atoms with Crippen LogP contribution in [0.1, 0.15) is 19.3 Å². The van der Waals surface area contributed by atoms with Gasteiger partial charge in [-0.3, -0.25) is 4.79 Å². The summed E-state index contributed by atoms with van der Waals surface area (Å²) in [5.74, 6) is 0.175. The molecule has 2 bridgehead atoms. The molecule has 1 aliphatic carbocycles. The van der Waals surface area contributed by atoms with Crippen molar-refractivity contribution in [1.82, 2.24) is 0 Å². The fourth-order valence-corrected chi connectivity index (χ4v) is 1.46. The average Bonchev–Trinajstić information content (AvgIpc) is 1.86. The van der Waals surface area contributed by atoms with Crippen molar-refractivity contribution in [2.24, 2.45) is 4.99 Å². The van der Waals surface area contributed by atoms with Crippen molar-refractivity contribution in [3.05, 3.63) is 0 Å². The van der Waals surface area contributed by atoms with Gasteiger partial charge in [0.05, 0.1) is 0 Å². The molecule has 3 heteroatoms. The largest absolute Gasteiger partial charge is 0.472 e. The van der Waals surface area contributed by atoms with Crippen molar-refractivity contribution in [3.63, 3.8) is 0 Å². The summed E-state index contributed by atoms with van der Waals surface area (Å²) < 4.78 is 5.02. The molecule has 3 nitrogen and oxygen atoms in total. The van der Waals surface area contributed by atoms with Gasteiger partial charge in [0.2, 0.25) is 0 Å². The molecule has 0 aromatic heterocycles. The number of fused-ring (bicyclic) bond motifs is 2. The monoisotopic (exact) mass is 139 g/mol. The van der Waals surface area contributed by atoms with Crippen LogP contribution in [0.15, 0.2) is 4.99 Å². The molecule has 2 aliphatic rings. The van der Waals surface area contributed by atoms with Crippen LogP contribution < -0.4 is 0 Å². The molecule has 0 N–H and O–H groups in total. The lowest BCUT2D eigenvalue weighted by Crippen LogP contribution is -2.40. The highest BCUT2D eigenvalue weighted by Crippen LogP contribution is 2.22. The number of rotatable bonds is 0. The summed E-state index contributed by atoms with van der Waals surface area (Å²) in [6.07, 6.45) is 4.11. The Labute approximate surface area is 59.1 Å². The van der Waals surface area contributed by atoms with Gasteiger partial charge in [0, 0.05) is 0 Å². The molecular weight excluding hydrogens is 130 g/mol. The molecule has 2 rings (SSSR count). The van der Waals surface area contributed by atoms with E-state index in [4.69, 9.17) is 4.74 Å². The number of ketones is 1. The Morgan fingerprint density at radius 1 is 1.60 bits per heavy atom. The summed E-state index contributed by atoms with van der Waals surface area (Å²) in [4.78, 5) is 15.1. The van der Waals surface area contributed by atoms with Gasteiger partial charge >= 0.3 is 0 Å². The van der Waals surface area contributed by atoms with E-state index in [1.165, 1.54) is 6.40 Å². The summed E-state index contributed by atoms with van der Waals surface area (Å²) in [5, 5.41) is 0. The van der Waals surface area contributed by atoms with E-state index >= 15 is 0 Å². The Hall–Kier alpha value is -0.860. The maximum atomic E-state index is 11.2. The van der Waals surface area contributed by atoms with Crippen molar-refractivity contribution in [3.8, 4) is 0 Å². The van der Waals surface area contributed by atoms with Crippen molar-refractivity contribution >= 4 is 12.2 Å². The molecule has 10 heavy (non-hydrogen) atoms. The first-order valence-corrected chi connectivity index (χ1v) is 3.59. The van der Waals surface area contributed by atoms with Crippen molar-refractivity contribution < 1.29 is 9.53 Å². The van der Waals surface area contributed by atoms with E-state index in [0.717, 1.165) is 19.3 Å². The van der Waals surface area contributed by atoms with Crippen molar-refractivity contribution in [2.75, 3.05) is 0 Å². The van der Waals surface area contributed by atoms with E-state index in [2.05, 4.69) is 4.99 Å². The van der Waals surface area contributed by atoms with Gasteiger partial charge in [-0.05, 0) is 19.3 Å². The third-order valence-electron chi connectivity index (χ3n) is 2.06. The predicted molar refractivity (Wildman–Crippen MR) is 36.0 cm³/mol. The first kappa shape index (κ1) is 5.89. The molecule has 0 aromatic rings. The standard InChI is InChI=1S/C7H9NO2/c9-7-5-2-1-3-6(7)10-4-8-5/h4-6H,1-3H2. The zero-order chi connectivity index (χ0) is 6.97. The maximum absolute atomic E-state index is 11.2. The van der Waals surface area contributed by atoms with Crippen LogP contribution >= 0.6 is 0 Å². The van der Waals surface area contributed by atoms with Crippen LogP contribution in [0.2, 0.25) is 0 Å². The van der Waals surface area contributed by atoms with E-state index in [1.807, 2.05) is 0 Å². The minimum Gasteiger partial charge on any atom is -0.472 e. The van der Waals surface area contributed by atoms with E-state index in [9.17, 15) is 4.79 Å². The fraction of sp³-hybridized carbons (Fsp3) is 0.714. The van der Waals surface area contributed by atoms with Gasteiger partial charge in [-0.1, -0.05) is 0 Å². The van der Waals surface area contributed by atoms with Crippen molar-refractivity contribution in [2.45, 2.75) is 31.4 Å². The van der Waals surface area contributed by atoms with Gasteiger partial charge in [-0.15, -0.1) is 0 Å². The van der Waals surface area contributed by atoms with Crippen LogP contribution in [-0.4, -0.2) is 24.3 Å². The molecule has 0 radical (unpaired) electrons. The highest BCUT2D eigenvalue weighted by Gasteiger charge is 2.33. The van der Waals surface area contributed by atoms with E-state index in [-0.39, 0.29) is 17.9 Å². The van der Waals surface area contributed by atoms with Crippen LogP contribution in [0.25, 0.3) is 0 Å². The van der Waals surface area contributed by atoms with E-state index in [1.54, 1.807) is 0 Å². The van der Waals surface area contributed by atoms with Crippen LogP contribution in [0.3, 0.4) is 0 Å². The molecule has 1 saturated carbocycles. The van der Waals surface area contributed by atoms with Crippen LogP contribution in [0, 0.1) is 0 Å². The fourth-order valence-electron chi connectivity index (χ4n) is 1.46. The molecule has 0 saturated heterocycles. The Balaban J connectivity index is 2.25. The van der Waals surface area contributed by atoms with Crippen LogP contribution in [0.5, 0.6) is 0 Å². The van der Waals surface area contributed by atoms with Gasteiger partial charge in [0.15, 0.2) is 18.3 Å². The summed E-state index contributed by atoms with van der Waals surface area (Å²) in [6.45, 7) is 0. The van der Waals surface area contributed by atoms with Crippen LogP contribution in [-0.2, 0) is 9.53 Å². The Bertz CT molecular complexity index is 188. The number of hydrogen-bond acceptors (Lipinski definition) is 3. The molecular formula is C7H9NO2. The Morgan fingerprint density at radius 2 is 2.50 bits per heavy atom. The Morgan fingerprint density at radius 3 is 3.20 bits per heavy atom. The lowest BCUT2D eigenvalue weighted by Gasteiger charge is -2.27. The maximum Gasteiger partial charge on any atom is 0.197 e. The zero-order valence-electron chi connectivity index (χ0n) is 5.62. The molecule has 2 atom stereocenters. The number of carbonyl (C=O) groups excluding carboxylic acids is 1.